The number of anilines is 2. The van der Waals surface area contributed by atoms with Gasteiger partial charge in [-0.3, -0.25) is 0 Å². The van der Waals surface area contributed by atoms with E-state index in [9.17, 15) is 18.0 Å². The summed E-state index contributed by atoms with van der Waals surface area (Å²) >= 11 is 0.970. The second-order valence-electron chi connectivity index (χ2n) is 3.62. The zero-order valence-corrected chi connectivity index (χ0v) is 11.1. The Balaban J connectivity index is 2.32. The standard InChI is InChI=1S/C12H9F3N2O2S/c1-2-19-12(18)10-11(20-5-16-10)17-9-7(14)3-6(13)4-8(9)15/h3-5,17H,2H2,1H3. The molecule has 0 radical (unpaired) electrons. The second kappa shape index (κ2) is 5.91. The van der Waals surface area contributed by atoms with Crippen LogP contribution >= 0.6 is 11.3 Å². The van der Waals surface area contributed by atoms with Gasteiger partial charge in [0.05, 0.1) is 12.1 Å². The van der Waals surface area contributed by atoms with Crippen molar-refractivity contribution in [3.8, 4) is 0 Å². The van der Waals surface area contributed by atoms with Crippen LogP contribution < -0.4 is 5.32 Å². The maximum absolute atomic E-state index is 13.5. The summed E-state index contributed by atoms with van der Waals surface area (Å²) in [5, 5.41) is 2.51. The van der Waals surface area contributed by atoms with Gasteiger partial charge in [-0.05, 0) is 6.92 Å². The highest BCUT2D eigenvalue weighted by molar-refractivity contribution is 7.14. The molecule has 2 rings (SSSR count). The molecule has 4 nitrogen and oxygen atoms in total. The van der Waals surface area contributed by atoms with Crippen LogP contribution in [0, 0.1) is 17.5 Å². The van der Waals surface area contributed by atoms with Crippen molar-refractivity contribution in [1.29, 1.82) is 0 Å². The number of hydrogen-bond acceptors (Lipinski definition) is 5. The maximum Gasteiger partial charge on any atom is 0.360 e. The Bertz CT molecular complexity index is 622. The number of carbonyl (C=O) groups is 1. The Kier molecular flexibility index (Phi) is 4.23. The van der Waals surface area contributed by atoms with Gasteiger partial charge in [-0.1, -0.05) is 0 Å². The van der Waals surface area contributed by atoms with Crippen molar-refractivity contribution in [2.45, 2.75) is 6.92 Å². The fourth-order valence-corrected chi connectivity index (χ4v) is 2.13. The van der Waals surface area contributed by atoms with Crippen molar-refractivity contribution in [3.05, 3.63) is 40.8 Å². The van der Waals surface area contributed by atoms with Gasteiger partial charge >= 0.3 is 5.97 Å². The highest BCUT2D eigenvalue weighted by atomic mass is 32.1. The summed E-state index contributed by atoms with van der Waals surface area (Å²) in [6, 6.07) is 1.08. The first-order valence-electron chi connectivity index (χ1n) is 5.55. The third-order valence-corrected chi connectivity index (χ3v) is 3.02. The van der Waals surface area contributed by atoms with Crippen LogP contribution in [0.25, 0.3) is 0 Å². The molecule has 20 heavy (non-hydrogen) atoms. The van der Waals surface area contributed by atoms with E-state index in [1.165, 1.54) is 5.51 Å². The molecule has 1 aromatic carbocycles. The van der Waals surface area contributed by atoms with Crippen LogP contribution in [0.5, 0.6) is 0 Å². The minimum Gasteiger partial charge on any atom is -0.461 e. The Morgan fingerprint density at radius 2 is 2.00 bits per heavy atom. The molecule has 0 saturated carbocycles. The van der Waals surface area contributed by atoms with Gasteiger partial charge in [0.15, 0.2) is 17.3 Å². The Labute approximate surface area is 116 Å². The normalized spacial score (nSPS) is 10.4. The van der Waals surface area contributed by atoms with E-state index in [1.54, 1.807) is 6.92 Å². The number of nitrogens with one attached hydrogen (secondary N) is 1. The first-order chi connectivity index (χ1) is 9.52. The predicted octanol–water partition coefficient (Wildman–Crippen LogP) is 3.48. The molecule has 106 valence electrons. The van der Waals surface area contributed by atoms with Gasteiger partial charge in [-0.2, -0.15) is 0 Å². The molecule has 1 aromatic heterocycles. The monoisotopic (exact) mass is 302 g/mol. The van der Waals surface area contributed by atoms with Crippen LogP contribution in [0.2, 0.25) is 0 Å². The Hall–Kier alpha value is -2.09. The molecule has 1 N–H and O–H groups in total. The van der Waals surface area contributed by atoms with Crippen LogP contribution in [0.15, 0.2) is 17.6 Å². The van der Waals surface area contributed by atoms with Gasteiger partial charge in [0.25, 0.3) is 0 Å². The van der Waals surface area contributed by atoms with Crippen molar-refractivity contribution in [3.63, 3.8) is 0 Å². The second-order valence-corrected chi connectivity index (χ2v) is 4.47. The zero-order chi connectivity index (χ0) is 14.7. The van der Waals surface area contributed by atoms with E-state index >= 15 is 0 Å². The molecule has 0 aliphatic heterocycles. The summed E-state index contributed by atoms with van der Waals surface area (Å²) < 4.78 is 44.6. The summed E-state index contributed by atoms with van der Waals surface area (Å²) in [5.74, 6) is -3.95. The molecule has 0 bridgehead atoms. The number of halogens is 3. The minimum atomic E-state index is -1.11. The largest absolute Gasteiger partial charge is 0.461 e. The lowest BCUT2D eigenvalue weighted by Crippen LogP contribution is -2.08. The lowest BCUT2D eigenvalue weighted by molar-refractivity contribution is 0.0521. The molecule has 0 saturated heterocycles. The summed E-state index contributed by atoms with van der Waals surface area (Å²) in [6.07, 6.45) is 0. The number of benzene rings is 1. The quantitative estimate of drug-likeness (QED) is 0.879. The number of ether oxygens (including phenoxy) is 1. The topological polar surface area (TPSA) is 51.2 Å². The first kappa shape index (κ1) is 14.3. The van der Waals surface area contributed by atoms with Gasteiger partial charge in [-0.25, -0.2) is 22.9 Å². The Morgan fingerprint density at radius 3 is 2.60 bits per heavy atom. The number of nitrogens with zero attached hydrogens (tertiary/aromatic N) is 1. The average Bonchev–Trinajstić information content (AvgIpc) is 2.82. The van der Waals surface area contributed by atoms with Gasteiger partial charge in [-0.15, -0.1) is 11.3 Å². The lowest BCUT2D eigenvalue weighted by Gasteiger charge is -2.08. The molecule has 8 heteroatoms. The molecule has 1 heterocycles. The van der Waals surface area contributed by atoms with E-state index in [4.69, 9.17) is 4.74 Å². The third-order valence-electron chi connectivity index (χ3n) is 2.28. The van der Waals surface area contributed by atoms with E-state index in [2.05, 4.69) is 10.3 Å². The van der Waals surface area contributed by atoms with Crippen LogP contribution in [0.1, 0.15) is 17.4 Å². The summed E-state index contributed by atoms with van der Waals surface area (Å²) in [7, 11) is 0. The number of aromatic nitrogens is 1. The van der Waals surface area contributed by atoms with E-state index in [0.717, 1.165) is 11.3 Å². The highest BCUT2D eigenvalue weighted by Crippen LogP contribution is 2.29. The molecular weight excluding hydrogens is 293 g/mol. The summed E-state index contributed by atoms with van der Waals surface area (Å²) in [4.78, 5) is 15.3. The number of carbonyl (C=O) groups excluding carboxylic acids is 1. The lowest BCUT2D eigenvalue weighted by atomic mass is 10.2. The molecular formula is C12H9F3N2O2S. The SMILES string of the molecule is CCOC(=O)c1ncsc1Nc1c(F)cc(F)cc1F. The van der Waals surface area contributed by atoms with Gasteiger partial charge in [0.1, 0.15) is 16.5 Å². The van der Waals surface area contributed by atoms with E-state index in [0.29, 0.717) is 12.1 Å². The number of thiazole rings is 1. The maximum atomic E-state index is 13.5. The molecule has 0 spiro atoms. The number of rotatable bonds is 4. The molecule has 0 aliphatic carbocycles. The number of esters is 1. The fourth-order valence-electron chi connectivity index (χ4n) is 1.45. The predicted molar refractivity (Wildman–Crippen MR) is 67.7 cm³/mol. The summed E-state index contributed by atoms with van der Waals surface area (Å²) in [5.41, 5.74) is 0.689. The van der Waals surface area contributed by atoms with Crippen LogP contribution in [-0.4, -0.2) is 17.6 Å². The zero-order valence-electron chi connectivity index (χ0n) is 10.2. The Morgan fingerprint density at radius 1 is 1.35 bits per heavy atom. The first-order valence-corrected chi connectivity index (χ1v) is 6.43. The molecule has 2 aromatic rings. The van der Waals surface area contributed by atoms with Crippen molar-refractivity contribution in [2.24, 2.45) is 0 Å². The van der Waals surface area contributed by atoms with Crippen molar-refractivity contribution < 1.29 is 22.7 Å². The van der Waals surface area contributed by atoms with Crippen molar-refractivity contribution >= 4 is 28.0 Å². The summed E-state index contributed by atoms with van der Waals surface area (Å²) in [6.45, 7) is 1.77. The molecule has 0 atom stereocenters. The molecule has 0 aliphatic rings. The van der Waals surface area contributed by atoms with Crippen LogP contribution in [-0.2, 0) is 4.74 Å². The van der Waals surface area contributed by atoms with E-state index < -0.39 is 29.1 Å². The number of hydrogen-bond donors (Lipinski definition) is 1. The molecule has 0 amide bonds. The smallest absolute Gasteiger partial charge is 0.360 e. The van der Waals surface area contributed by atoms with Crippen molar-refractivity contribution in [2.75, 3.05) is 11.9 Å². The van der Waals surface area contributed by atoms with E-state index in [-0.39, 0.29) is 17.3 Å². The van der Waals surface area contributed by atoms with Crippen molar-refractivity contribution in [1.82, 2.24) is 4.98 Å². The van der Waals surface area contributed by atoms with Crippen LogP contribution in [0.3, 0.4) is 0 Å². The average molecular weight is 302 g/mol. The fraction of sp³-hybridized carbons (Fsp3) is 0.167. The molecule has 0 fully saturated rings. The van der Waals surface area contributed by atoms with Crippen LogP contribution in [0.4, 0.5) is 23.9 Å². The minimum absolute atomic E-state index is 0.0834. The molecule has 0 unspecified atom stereocenters. The van der Waals surface area contributed by atoms with Gasteiger partial charge in [0.2, 0.25) is 0 Å². The highest BCUT2D eigenvalue weighted by Gasteiger charge is 2.19. The third kappa shape index (κ3) is 2.90. The van der Waals surface area contributed by atoms with Gasteiger partial charge < -0.3 is 10.1 Å². The van der Waals surface area contributed by atoms with E-state index in [1.807, 2.05) is 0 Å². The van der Waals surface area contributed by atoms with Gasteiger partial charge in [0, 0.05) is 12.1 Å².